The van der Waals surface area contributed by atoms with Crippen LogP contribution in [0.15, 0.2) is 53.4 Å². The molecule has 1 saturated carbocycles. The summed E-state index contributed by atoms with van der Waals surface area (Å²) in [6.07, 6.45) is 3.74. The smallest absolute Gasteiger partial charge is 0.245 e. The van der Waals surface area contributed by atoms with E-state index in [-0.39, 0.29) is 29.7 Å². The minimum atomic E-state index is -3.51. The van der Waals surface area contributed by atoms with Crippen molar-refractivity contribution in [3.05, 3.63) is 59.4 Å². The molecule has 41 heavy (non-hydrogen) atoms. The Kier molecular flexibility index (Phi) is 8.87. The lowest BCUT2D eigenvalue weighted by atomic mass is 9.81. The Morgan fingerprint density at radius 3 is 2.56 bits per heavy atom. The average molecular weight is 598 g/mol. The first-order chi connectivity index (χ1) is 19.6. The molecule has 0 spiro atoms. The maximum atomic E-state index is 13.9. The quantitative estimate of drug-likeness (QED) is 0.362. The summed E-state index contributed by atoms with van der Waals surface area (Å²) >= 11 is 6.29. The van der Waals surface area contributed by atoms with E-state index in [1.807, 2.05) is 30.0 Å². The number of aryl methyl sites for hydroxylation is 1. The average Bonchev–Trinajstić information content (AvgIpc) is 3.32. The Hall–Kier alpha value is -2.75. The molecule has 3 aromatic rings. The van der Waals surface area contributed by atoms with Crippen LogP contribution in [0.4, 0.5) is 5.82 Å². The van der Waals surface area contributed by atoms with Crippen LogP contribution >= 0.6 is 11.6 Å². The molecule has 0 radical (unpaired) electrons. The number of nitrogens with one attached hydrogen (secondary N) is 1. The number of rotatable bonds is 9. The predicted octanol–water partition coefficient (Wildman–Crippen LogP) is 5.21. The highest BCUT2D eigenvalue weighted by Gasteiger charge is 2.44. The van der Waals surface area contributed by atoms with Crippen LogP contribution in [0, 0.1) is 5.92 Å². The zero-order chi connectivity index (χ0) is 29.3. The molecule has 1 N–H and O–H groups in total. The van der Waals surface area contributed by atoms with Gasteiger partial charge >= 0.3 is 0 Å². The van der Waals surface area contributed by atoms with Crippen molar-refractivity contribution in [3.63, 3.8) is 0 Å². The van der Waals surface area contributed by atoms with Gasteiger partial charge in [0.05, 0.1) is 16.2 Å². The minimum absolute atomic E-state index is 0.000359. The monoisotopic (exact) mass is 597 g/mol. The van der Waals surface area contributed by atoms with Gasteiger partial charge in [0.25, 0.3) is 0 Å². The topological polar surface area (TPSA) is 95.5 Å². The molecular formula is C31H40ClN5O3S. The lowest BCUT2D eigenvalue weighted by Gasteiger charge is -2.44. The van der Waals surface area contributed by atoms with E-state index in [0.29, 0.717) is 47.0 Å². The molecule has 10 heteroatoms. The van der Waals surface area contributed by atoms with Gasteiger partial charge in [-0.2, -0.15) is 0 Å². The van der Waals surface area contributed by atoms with Crippen molar-refractivity contribution in [2.45, 2.75) is 81.9 Å². The molecule has 1 aromatic heterocycles. The first-order valence-corrected chi connectivity index (χ1v) is 16.6. The van der Waals surface area contributed by atoms with Gasteiger partial charge in [-0.3, -0.25) is 4.79 Å². The van der Waals surface area contributed by atoms with Gasteiger partial charge in [-0.25, -0.2) is 18.4 Å². The van der Waals surface area contributed by atoms with Gasteiger partial charge < -0.3 is 15.1 Å². The lowest BCUT2D eigenvalue weighted by Crippen LogP contribution is -2.52. The Labute approximate surface area is 248 Å². The van der Waals surface area contributed by atoms with Crippen LogP contribution in [0.5, 0.6) is 0 Å². The fourth-order valence-electron chi connectivity index (χ4n) is 6.36. The predicted molar refractivity (Wildman–Crippen MR) is 164 cm³/mol. The summed E-state index contributed by atoms with van der Waals surface area (Å²) in [6.45, 7) is 6.91. The van der Waals surface area contributed by atoms with Crippen LogP contribution in [0.25, 0.3) is 10.9 Å². The van der Waals surface area contributed by atoms with E-state index in [4.69, 9.17) is 16.6 Å². The van der Waals surface area contributed by atoms with Crippen molar-refractivity contribution in [2.75, 3.05) is 24.7 Å². The van der Waals surface area contributed by atoms with Crippen LogP contribution in [-0.2, 0) is 21.1 Å². The molecule has 1 aliphatic heterocycles. The number of benzene rings is 2. The largest absolute Gasteiger partial charge is 0.358 e. The summed E-state index contributed by atoms with van der Waals surface area (Å²) in [5.74, 6) is 1.18. The van der Waals surface area contributed by atoms with Gasteiger partial charge in [0, 0.05) is 41.5 Å². The highest BCUT2D eigenvalue weighted by molar-refractivity contribution is 7.91. The minimum Gasteiger partial charge on any atom is -0.358 e. The molecule has 8 nitrogen and oxygen atoms in total. The Bertz CT molecular complexity index is 1500. The molecular weight excluding hydrogens is 558 g/mol. The van der Waals surface area contributed by atoms with Gasteiger partial charge in [0.15, 0.2) is 9.84 Å². The molecule has 5 rings (SSSR count). The fourth-order valence-corrected chi connectivity index (χ4v) is 8.22. The highest BCUT2D eigenvalue weighted by atomic mass is 35.5. The number of halogens is 1. The summed E-state index contributed by atoms with van der Waals surface area (Å²) in [7, 11) is -1.40. The molecule has 1 amide bonds. The normalized spacial score (nSPS) is 23.6. The third kappa shape index (κ3) is 6.37. The molecule has 1 aliphatic carbocycles. The SMILES string of the molecule is CCc1nc(N[C@H]2CCN(C3CC[C@@H](N(C)C(C)C)CC3CS(=O)(=O)c3ccccc3)C2=O)c2cc(Cl)ccc2n1. The van der Waals surface area contributed by atoms with E-state index in [1.165, 1.54) is 0 Å². The second kappa shape index (κ2) is 12.2. The Balaban J connectivity index is 1.39. The molecule has 1 saturated heterocycles. The van der Waals surface area contributed by atoms with Crippen molar-refractivity contribution in [1.82, 2.24) is 19.8 Å². The van der Waals surface area contributed by atoms with Gasteiger partial charge in [0.2, 0.25) is 5.91 Å². The third-order valence-electron chi connectivity index (χ3n) is 8.81. The van der Waals surface area contributed by atoms with Gasteiger partial charge in [-0.15, -0.1) is 0 Å². The van der Waals surface area contributed by atoms with Crippen LogP contribution in [0.2, 0.25) is 5.02 Å². The van der Waals surface area contributed by atoms with Crippen LogP contribution in [0.3, 0.4) is 0 Å². The van der Waals surface area contributed by atoms with Crippen LogP contribution < -0.4 is 5.32 Å². The molecule has 2 aromatic carbocycles. The fraction of sp³-hybridized carbons (Fsp3) is 0.516. The van der Waals surface area contributed by atoms with Gasteiger partial charge in [-0.05, 0) is 82.8 Å². The first-order valence-electron chi connectivity index (χ1n) is 14.6. The summed E-state index contributed by atoms with van der Waals surface area (Å²) in [6, 6.07) is 14.2. The van der Waals surface area contributed by atoms with E-state index in [0.717, 1.165) is 30.2 Å². The number of sulfone groups is 1. The van der Waals surface area contributed by atoms with E-state index in [2.05, 4.69) is 36.1 Å². The van der Waals surface area contributed by atoms with Crippen molar-refractivity contribution >= 4 is 44.1 Å². The second-order valence-corrected chi connectivity index (χ2v) is 14.1. The molecule has 2 unspecified atom stereocenters. The van der Waals surface area contributed by atoms with Crippen molar-refractivity contribution in [3.8, 4) is 0 Å². The van der Waals surface area contributed by atoms with E-state index >= 15 is 0 Å². The number of carbonyl (C=O) groups excluding carboxylic acids is 1. The highest BCUT2D eigenvalue weighted by Crippen LogP contribution is 2.36. The Morgan fingerprint density at radius 1 is 1.10 bits per heavy atom. The molecule has 220 valence electrons. The van der Waals surface area contributed by atoms with E-state index in [1.54, 1.807) is 30.3 Å². The van der Waals surface area contributed by atoms with Crippen molar-refractivity contribution < 1.29 is 13.2 Å². The second-order valence-electron chi connectivity index (χ2n) is 11.7. The van der Waals surface area contributed by atoms with E-state index in [9.17, 15) is 13.2 Å². The summed E-state index contributed by atoms with van der Waals surface area (Å²) in [5.41, 5.74) is 0.782. The van der Waals surface area contributed by atoms with E-state index < -0.39 is 15.9 Å². The number of amides is 1. The van der Waals surface area contributed by atoms with Gasteiger partial charge in [0.1, 0.15) is 17.7 Å². The van der Waals surface area contributed by atoms with Gasteiger partial charge in [-0.1, -0.05) is 36.7 Å². The molecule has 4 atom stereocenters. The van der Waals surface area contributed by atoms with Crippen molar-refractivity contribution in [2.24, 2.45) is 5.92 Å². The zero-order valence-electron chi connectivity index (χ0n) is 24.3. The number of hydrogen-bond donors (Lipinski definition) is 1. The number of aromatic nitrogens is 2. The summed E-state index contributed by atoms with van der Waals surface area (Å²) in [5, 5.41) is 4.77. The number of hydrogen-bond acceptors (Lipinski definition) is 7. The number of likely N-dealkylation sites (tertiary alicyclic amines) is 1. The molecule has 2 heterocycles. The maximum absolute atomic E-state index is 13.9. The molecule has 2 fully saturated rings. The first kappa shape index (κ1) is 29.7. The summed E-state index contributed by atoms with van der Waals surface area (Å²) < 4.78 is 27.0. The molecule has 0 bridgehead atoms. The lowest BCUT2D eigenvalue weighted by molar-refractivity contribution is -0.132. The Morgan fingerprint density at radius 2 is 1.85 bits per heavy atom. The molecule has 2 aliphatic rings. The number of nitrogens with zero attached hydrogens (tertiary/aromatic N) is 4. The summed E-state index contributed by atoms with van der Waals surface area (Å²) in [4.78, 5) is 27.8. The van der Waals surface area contributed by atoms with Crippen molar-refractivity contribution in [1.29, 1.82) is 0 Å². The number of anilines is 1. The van der Waals surface area contributed by atoms with Crippen LogP contribution in [-0.4, -0.2) is 77.6 Å². The van der Waals surface area contributed by atoms with Crippen LogP contribution in [0.1, 0.15) is 52.3 Å². The third-order valence-corrected chi connectivity index (χ3v) is 10.9. The zero-order valence-corrected chi connectivity index (χ0v) is 25.8. The number of fused-ring (bicyclic) bond motifs is 1. The number of carbonyl (C=O) groups is 1. The standard InChI is InChI=1S/C31H40ClN5O3S/c1-5-29-33-26-13-11-22(32)18-25(26)30(35-29)34-27-15-16-37(31(27)38)28-14-12-23(36(4)20(2)3)17-21(28)19-41(39,40)24-9-7-6-8-10-24/h6-11,13,18,20-21,23,27-28H,5,12,14-17,19H2,1-4H3,(H,33,34,35)/t21?,23-,27+,28?/m1/s1. The maximum Gasteiger partial charge on any atom is 0.245 e.